The fourth-order valence-corrected chi connectivity index (χ4v) is 1.07. The average molecular weight is 223 g/mol. The molecule has 0 aliphatic carbocycles. The summed E-state index contributed by atoms with van der Waals surface area (Å²) in [5, 5.41) is 9.27. The zero-order chi connectivity index (χ0) is 10.8. The van der Waals surface area contributed by atoms with Gasteiger partial charge in [0.15, 0.2) is 6.10 Å². The normalized spacial score (nSPS) is 14.1. The molecule has 1 rings (SSSR count). The van der Waals surface area contributed by atoms with Crippen LogP contribution in [-0.4, -0.2) is 22.6 Å². The lowest BCUT2D eigenvalue weighted by Crippen LogP contribution is -2.35. The number of aliphatic hydroxyl groups is 1. The van der Waals surface area contributed by atoms with E-state index < -0.39 is 18.6 Å². The molecular formula is C8H9ClF2N2O. The molecule has 0 saturated carbocycles. The van der Waals surface area contributed by atoms with Gasteiger partial charge in [0, 0.05) is 0 Å². The van der Waals surface area contributed by atoms with Crippen molar-refractivity contribution < 1.29 is 13.9 Å². The Kier molecular flexibility index (Phi) is 3.36. The van der Waals surface area contributed by atoms with Gasteiger partial charge in [0.1, 0.15) is 5.15 Å². The van der Waals surface area contributed by atoms with E-state index in [1.165, 1.54) is 18.2 Å². The number of hydrogen-bond donors (Lipinski definition) is 2. The van der Waals surface area contributed by atoms with Crippen LogP contribution >= 0.6 is 11.6 Å². The van der Waals surface area contributed by atoms with Gasteiger partial charge in [0.05, 0.1) is 12.2 Å². The van der Waals surface area contributed by atoms with Gasteiger partial charge in [0.2, 0.25) is 0 Å². The Hall–Kier alpha value is -0.780. The van der Waals surface area contributed by atoms with E-state index in [9.17, 15) is 13.9 Å². The van der Waals surface area contributed by atoms with E-state index in [4.69, 9.17) is 17.3 Å². The highest BCUT2D eigenvalue weighted by Crippen LogP contribution is 2.29. The van der Waals surface area contributed by atoms with Crippen LogP contribution in [0.3, 0.4) is 0 Å². The molecule has 0 spiro atoms. The van der Waals surface area contributed by atoms with Crippen LogP contribution in [0.5, 0.6) is 0 Å². The third-order valence-corrected chi connectivity index (χ3v) is 1.90. The molecule has 0 saturated heterocycles. The first-order chi connectivity index (χ1) is 6.47. The minimum Gasteiger partial charge on any atom is -0.380 e. The van der Waals surface area contributed by atoms with Gasteiger partial charge in [-0.15, -0.1) is 0 Å². The first-order valence-corrected chi connectivity index (χ1v) is 4.23. The second kappa shape index (κ2) is 4.16. The van der Waals surface area contributed by atoms with E-state index in [-0.39, 0.29) is 10.8 Å². The average Bonchev–Trinajstić information content (AvgIpc) is 2.16. The minimum atomic E-state index is -3.39. The van der Waals surface area contributed by atoms with Crippen molar-refractivity contribution in [1.29, 1.82) is 0 Å². The van der Waals surface area contributed by atoms with Crippen molar-refractivity contribution in [3.05, 3.63) is 29.0 Å². The molecular weight excluding hydrogens is 214 g/mol. The van der Waals surface area contributed by atoms with Gasteiger partial charge in [-0.2, -0.15) is 0 Å². The molecule has 0 fully saturated rings. The molecule has 1 atom stereocenters. The number of rotatable bonds is 3. The molecule has 14 heavy (non-hydrogen) atoms. The maximum atomic E-state index is 12.9. The van der Waals surface area contributed by atoms with Gasteiger partial charge in [-0.25, -0.2) is 13.8 Å². The molecule has 78 valence electrons. The largest absolute Gasteiger partial charge is 0.380 e. The maximum absolute atomic E-state index is 12.9. The van der Waals surface area contributed by atoms with Crippen molar-refractivity contribution in [2.75, 3.05) is 6.54 Å². The van der Waals surface area contributed by atoms with Crippen LogP contribution in [0.1, 0.15) is 11.8 Å². The van der Waals surface area contributed by atoms with E-state index in [1.807, 2.05) is 0 Å². The molecule has 0 aliphatic heterocycles. The van der Waals surface area contributed by atoms with Gasteiger partial charge >= 0.3 is 0 Å². The maximum Gasteiger partial charge on any atom is 0.290 e. The number of pyridine rings is 1. The van der Waals surface area contributed by atoms with Crippen molar-refractivity contribution >= 4 is 11.6 Å². The summed E-state index contributed by atoms with van der Waals surface area (Å²) in [6.45, 7) is -0.942. The van der Waals surface area contributed by atoms with Crippen molar-refractivity contribution in [3.8, 4) is 0 Å². The zero-order valence-electron chi connectivity index (χ0n) is 7.12. The van der Waals surface area contributed by atoms with Crippen molar-refractivity contribution in [1.82, 2.24) is 4.98 Å². The highest BCUT2D eigenvalue weighted by atomic mass is 35.5. The summed E-state index contributed by atoms with van der Waals surface area (Å²) in [7, 11) is 0. The van der Waals surface area contributed by atoms with E-state index in [1.54, 1.807) is 0 Å². The van der Waals surface area contributed by atoms with E-state index in [0.717, 1.165) is 0 Å². The molecule has 0 amide bonds. The van der Waals surface area contributed by atoms with Crippen LogP contribution in [0.25, 0.3) is 0 Å². The van der Waals surface area contributed by atoms with E-state index in [0.29, 0.717) is 0 Å². The Labute approximate surface area is 84.5 Å². The second-order valence-corrected chi connectivity index (χ2v) is 3.14. The summed E-state index contributed by atoms with van der Waals surface area (Å²) in [6, 6.07) is 4.12. The molecule has 3 nitrogen and oxygen atoms in total. The summed E-state index contributed by atoms with van der Waals surface area (Å²) < 4.78 is 25.8. The van der Waals surface area contributed by atoms with Crippen LogP contribution in [-0.2, 0) is 0 Å². The number of aromatic nitrogens is 1. The van der Waals surface area contributed by atoms with Gasteiger partial charge < -0.3 is 10.8 Å². The molecule has 1 unspecified atom stereocenters. The molecule has 0 bridgehead atoms. The topological polar surface area (TPSA) is 59.1 Å². The Balaban J connectivity index is 2.94. The number of hydrogen-bond acceptors (Lipinski definition) is 3. The molecule has 3 N–H and O–H groups in total. The predicted octanol–water partition coefficient (Wildman–Crippen LogP) is 1.36. The van der Waals surface area contributed by atoms with Crippen LogP contribution in [0, 0.1) is 0 Å². The van der Waals surface area contributed by atoms with Crippen molar-refractivity contribution in [2.45, 2.75) is 12.0 Å². The third-order valence-electron chi connectivity index (χ3n) is 1.69. The third kappa shape index (κ3) is 2.37. The van der Waals surface area contributed by atoms with Gasteiger partial charge in [0.25, 0.3) is 5.92 Å². The van der Waals surface area contributed by atoms with Crippen LogP contribution in [0.15, 0.2) is 18.2 Å². The lowest BCUT2D eigenvalue weighted by molar-refractivity contribution is -0.104. The SMILES string of the molecule is NCC(F)(F)C(O)c1cccc(Cl)n1. The standard InChI is InChI=1S/C8H9ClF2N2O/c9-6-3-1-2-5(13-6)7(14)8(10,11)4-12/h1-3,7,14H,4,12H2. The lowest BCUT2D eigenvalue weighted by atomic mass is 10.1. The molecule has 0 aromatic carbocycles. The summed E-state index contributed by atoms with van der Waals surface area (Å²) in [4.78, 5) is 3.57. The highest BCUT2D eigenvalue weighted by Gasteiger charge is 2.38. The molecule has 6 heteroatoms. The zero-order valence-corrected chi connectivity index (χ0v) is 7.88. The molecule has 0 aliphatic rings. The molecule has 1 aromatic heterocycles. The van der Waals surface area contributed by atoms with Gasteiger partial charge in [-0.05, 0) is 12.1 Å². The summed E-state index contributed by atoms with van der Waals surface area (Å²) in [5.41, 5.74) is 4.62. The number of nitrogens with two attached hydrogens (primary N) is 1. The summed E-state index contributed by atoms with van der Waals surface area (Å²) in [5.74, 6) is -3.39. The predicted molar refractivity (Wildman–Crippen MR) is 48.2 cm³/mol. The minimum absolute atomic E-state index is 0.0503. The Morgan fingerprint density at radius 1 is 1.57 bits per heavy atom. The van der Waals surface area contributed by atoms with Crippen LogP contribution in [0.2, 0.25) is 5.15 Å². The first kappa shape index (κ1) is 11.3. The quantitative estimate of drug-likeness (QED) is 0.760. The van der Waals surface area contributed by atoms with E-state index in [2.05, 4.69) is 4.98 Å². The Morgan fingerprint density at radius 2 is 2.21 bits per heavy atom. The Morgan fingerprint density at radius 3 is 2.71 bits per heavy atom. The van der Waals surface area contributed by atoms with Crippen molar-refractivity contribution in [2.24, 2.45) is 5.73 Å². The Bertz CT molecular complexity index is 322. The molecule has 0 radical (unpaired) electrons. The lowest BCUT2D eigenvalue weighted by Gasteiger charge is -2.20. The highest BCUT2D eigenvalue weighted by molar-refractivity contribution is 6.29. The van der Waals surface area contributed by atoms with Gasteiger partial charge in [-0.1, -0.05) is 17.7 Å². The van der Waals surface area contributed by atoms with Crippen LogP contribution in [0.4, 0.5) is 8.78 Å². The smallest absolute Gasteiger partial charge is 0.290 e. The van der Waals surface area contributed by atoms with Crippen molar-refractivity contribution in [3.63, 3.8) is 0 Å². The van der Waals surface area contributed by atoms with Gasteiger partial charge in [-0.3, -0.25) is 0 Å². The number of nitrogens with zero attached hydrogens (tertiary/aromatic N) is 1. The molecule has 1 heterocycles. The fraction of sp³-hybridized carbons (Fsp3) is 0.375. The van der Waals surface area contributed by atoms with Crippen LogP contribution < -0.4 is 5.73 Å². The van der Waals surface area contributed by atoms with E-state index >= 15 is 0 Å². The summed E-state index contributed by atoms with van der Waals surface area (Å²) >= 11 is 5.48. The fourth-order valence-electron chi connectivity index (χ4n) is 0.904. The number of alkyl halides is 2. The number of aliphatic hydroxyl groups excluding tert-OH is 1. The second-order valence-electron chi connectivity index (χ2n) is 2.75. The monoisotopic (exact) mass is 222 g/mol. The summed E-state index contributed by atoms with van der Waals surface area (Å²) in [6.07, 6.45) is -2.02. The molecule has 1 aromatic rings. The number of halogens is 3. The first-order valence-electron chi connectivity index (χ1n) is 3.86.